The lowest BCUT2D eigenvalue weighted by Crippen LogP contribution is -2.24. The van der Waals surface area contributed by atoms with Gasteiger partial charge in [0, 0.05) is 23.4 Å². The van der Waals surface area contributed by atoms with Crippen LogP contribution in [0.1, 0.15) is 16.2 Å². The Balaban J connectivity index is 1.74. The third kappa shape index (κ3) is 4.42. The van der Waals surface area contributed by atoms with Crippen LogP contribution >= 0.6 is 11.6 Å². The highest BCUT2D eigenvalue weighted by Crippen LogP contribution is 2.17. The molecule has 0 spiro atoms. The lowest BCUT2D eigenvalue weighted by atomic mass is 10.2. The molecule has 138 valence electrons. The molecule has 0 atom stereocenters. The minimum Gasteiger partial charge on any atom is -0.341 e. The normalized spacial score (nSPS) is 10.3. The van der Waals surface area contributed by atoms with E-state index in [9.17, 15) is 9.59 Å². The van der Waals surface area contributed by atoms with E-state index < -0.39 is 0 Å². The van der Waals surface area contributed by atoms with Crippen molar-refractivity contribution in [2.24, 2.45) is 0 Å². The van der Waals surface area contributed by atoms with Gasteiger partial charge < -0.3 is 16.0 Å². The number of hydrogen-bond acceptors (Lipinski definition) is 4. The van der Waals surface area contributed by atoms with Gasteiger partial charge in [0.05, 0.1) is 11.4 Å². The maximum atomic E-state index is 12.5. The maximum Gasteiger partial charge on any atom is 0.318 e. The fraction of sp³-hybridized carbons (Fsp3) is 0.111. The maximum absolute atomic E-state index is 12.5. The molecule has 0 fully saturated rings. The predicted molar refractivity (Wildman–Crippen MR) is 104 cm³/mol. The fourth-order valence-electron chi connectivity index (χ4n) is 2.33. The average molecular weight is 385 g/mol. The lowest BCUT2D eigenvalue weighted by Gasteiger charge is -2.07. The second-order valence-corrected chi connectivity index (χ2v) is 6.08. The summed E-state index contributed by atoms with van der Waals surface area (Å²) in [6.45, 7) is 1.71. The largest absolute Gasteiger partial charge is 0.341 e. The topological polar surface area (TPSA) is 101 Å². The molecule has 27 heavy (non-hydrogen) atoms. The molecule has 0 aliphatic rings. The van der Waals surface area contributed by atoms with Crippen LogP contribution in [0.15, 0.2) is 48.5 Å². The van der Waals surface area contributed by atoms with E-state index in [4.69, 9.17) is 11.6 Å². The Bertz CT molecular complexity index is 984. The van der Waals surface area contributed by atoms with E-state index >= 15 is 0 Å². The number of aromatic nitrogens is 3. The first-order valence-corrected chi connectivity index (χ1v) is 8.44. The van der Waals surface area contributed by atoms with E-state index in [2.05, 4.69) is 26.1 Å². The van der Waals surface area contributed by atoms with Crippen LogP contribution in [0, 0.1) is 6.92 Å². The number of rotatable bonds is 4. The molecule has 0 saturated heterocycles. The molecule has 3 N–H and O–H groups in total. The number of carbonyl (C=O) groups excluding carboxylic acids is 2. The third-order valence-electron chi connectivity index (χ3n) is 3.66. The van der Waals surface area contributed by atoms with Crippen molar-refractivity contribution in [2.75, 3.05) is 17.7 Å². The second-order valence-electron chi connectivity index (χ2n) is 5.64. The number of amides is 3. The number of aryl methyl sites for hydroxylation is 1. The predicted octanol–water partition coefficient (Wildman–Crippen LogP) is 3.23. The summed E-state index contributed by atoms with van der Waals surface area (Å²) in [5, 5.41) is 16.9. The summed E-state index contributed by atoms with van der Waals surface area (Å²) in [6, 6.07) is 13.4. The molecule has 3 rings (SSSR count). The van der Waals surface area contributed by atoms with Crippen LogP contribution in [0.4, 0.5) is 16.2 Å². The Kier molecular flexibility index (Phi) is 5.37. The van der Waals surface area contributed by atoms with Gasteiger partial charge in [-0.1, -0.05) is 17.7 Å². The number of urea groups is 1. The van der Waals surface area contributed by atoms with Crippen LogP contribution in [0.25, 0.3) is 5.69 Å². The van der Waals surface area contributed by atoms with Crippen molar-refractivity contribution >= 4 is 34.9 Å². The first-order valence-electron chi connectivity index (χ1n) is 8.06. The van der Waals surface area contributed by atoms with Crippen molar-refractivity contribution in [3.8, 4) is 5.69 Å². The van der Waals surface area contributed by atoms with Crippen LogP contribution in [-0.2, 0) is 0 Å². The zero-order valence-corrected chi connectivity index (χ0v) is 15.4. The van der Waals surface area contributed by atoms with Gasteiger partial charge in [0.25, 0.3) is 5.91 Å². The van der Waals surface area contributed by atoms with Gasteiger partial charge in [0.2, 0.25) is 0 Å². The molecule has 0 aliphatic heterocycles. The Morgan fingerprint density at radius 1 is 1.00 bits per heavy atom. The molecule has 3 amide bonds. The minimum atomic E-state index is -0.382. The standard InChI is InChI=1S/C18H17ClN6O2/c1-11-16(24-25(23-11)15-5-3-4-12(19)10-15)17(26)21-13-6-8-14(9-7-13)22-18(27)20-2/h3-10H,1-2H3,(H,21,26)(H2,20,22,27). The van der Waals surface area contributed by atoms with E-state index in [1.807, 2.05) is 0 Å². The van der Waals surface area contributed by atoms with Gasteiger partial charge in [-0.25, -0.2) is 4.79 Å². The Morgan fingerprint density at radius 3 is 2.30 bits per heavy atom. The van der Waals surface area contributed by atoms with Crippen LogP contribution in [0.3, 0.4) is 0 Å². The molecule has 1 aromatic heterocycles. The van der Waals surface area contributed by atoms with Crippen LogP contribution < -0.4 is 16.0 Å². The van der Waals surface area contributed by atoms with Gasteiger partial charge in [0.1, 0.15) is 0 Å². The van der Waals surface area contributed by atoms with Crippen molar-refractivity contribution in [1.82, 2.24) is 20.3 Å². The van der Waals surface area contributed by atoms with Gasteiger partial charge in [0.15, 0.2) is 5.69 Å². The van der Waals surface area contributed by atoms with Crippen LogP contribution in [-0.4, -0.2) is 34.0 Å². The monoisotopic (exact) mass is 384 g/mol. The quantitative estimate of drug-likeness (QED) is 0.642. The number of nitrogens with zero attached hydrogens (tertiary/aromatic N) is 3. The van der Waals surface area contributed by atoms with E-state index in [1.54, 1.807) is 55.5 Å². The smallest absolute Gasteiger partial charge is 0.318 e. The van der Waals surface area contributed by atoms with E-state index in [0.717, 1.165) is 0 Å². The van der Waals surface area contributed by atoms with Gasteiger partial charge in [-0.2, -0.15) is 9.90 Å². The second kappa shape index (κ2) is 7.88. The van der Waals surface area contributed by atoms with Crippen molar-refractivity contribution in [2.45, 2.75) is 6.92 Å². The van der Waals surface area contributed by atoms with E-state index in [1.165, 1.54) is 11.8 Å². The SMILES string of the molecule is CNC(=O)Nc1ccc(NC(=O)c2nn(-c3cccc(Cl)c3)nc2C)cc1. The number of benzene rings is 2. The Hall–Kier alpha value is -3.39. The lowest BCUT2D eigenvalue weighted by molar-refractivity contribution is 0.102. The number of carbonyl (C=O) groups is 2. The van der Waals surface area contributed by atoms with Crippen LogP contribution in [0.2, 0.25) is 5.02 Å². The van der Waals surface area contributed by atoms with Gasteiger partial charge in [-0.05, 0) is 49.4 Å². The molecular formula is C18H17ClN6O2. The summed E-state index contributed by atoms with van der Waals surface area (Å²) in [6.07, 6.45) is 0. The van der Waals surface area contributed by atoms with E-state index in [-0.39, 0.29) is 17.6 Å². The van der Waals surface area contributed by atoms with Crippen molar-refractivity contribution in [1.29, 1.82) is 0 Å². The van der Waals surface area contributed by atoms with Gasteiger partial charge in [-0.3, -0.25) is 4.79 Å². The number of anilines is 2. The first kappa shape index (κ1) is 18.4. The highest BCUT2D eigenvalue weighted by molar-refractivity contribution is 6.30. The third-order valence-corrected chi connectivity index (χ3v) is 3.90. The van der Waals surface area contributed by atoms with Gasteiger partial charge in [-0.15, -0.1) is 5.10 Å². The van der Waals surface area contributed by atoms with Crippen LogP contribution in [0.5, 0.6) is 0 Å². The Morgan fingerprint density at radius 2 is 1.67 bits per heavy atom. The molecule has 0 saturated carbocycles. The Labute approximate surface area is 160 Å². The van der Waals surface area contributed by atoms with Crippen molar-refractivity contribution in [3.05, 3.63) is 64.9 Å². The molecule has 2 aromatic carbocycles. The first-order chi connectivity index (χ1) is 13.0. The molecule has 3 aromatic rings. The highest BCUT2D eigenvalue weighted by Gasteiger charge is 2.16. The molecular weight excluding hydrogens is 368 g/mol. The minimum absolute atomic E-state index is 0.211. The average Bonchev–Trinajstić information content (AvgIpc) is 3.05. The molecule has 0 aliphatic carbocycles. The number of halogens is 1. The molecule has 9 heteroatoms. The summed E-state index contributed by atoms with van der Waals surface area (Å²) in [4.78, 5) is 25.2. The fourth-order valence-corrected chi connectivity index (χ4v) is 2.51. The number of hydrogen-bond donors (Lipinski definition) is 3. The van der Waals surface area contributed by atoms with Crippen molar-refractivity contribution < 1.29 is 9.59 Å². The zero-order chi connectivity index (χ0) is 19.4. The summed E-state index contributed by atoms with van der Waals surface area (Å²) < 4.78 is 0. The number of nitrogens with one attached hydrogen (secondary N) is 3. The summed E-state index contributed by atoms with van der Waals surface area (Å²) in [5.74, 6) is -0.382. The molecule has 1 heterocycles. The molecule has 8 nitrogen and oxygen atoms in total. The highest BCUT2D eigenvalue weighted by atomic mass is 35.5. The van der Waals surface area contributed by atoms with E-state index in [0.29, 0.717) is 27.8 Å². The summed E-state index contributed by atoms with van der Waals surface area (Å²) in [7, 11) is 1.53. The van der Waals surface area contributed by atoms with Gasteiger partial charge >= 0.3 is 6.03 Å². The molecule has 0 unspecified atom stereocenters. The summed E-state index contributed by atoms with van der Waals surface area (Å²) >= 11 is 5.99. The molecule has 0 bridgehead atoms. The summed E-state index contributed by atoms with van der Waals surface area (Å²) in [5.41, 5.74) is 2.54. The zero-order valence-electron chi connectivity index (χ0n) is 14.7. The van der Waals surface area contributed by atoms with Crippen molar-refractivity contribution in [3.63, 3.8) is 0 Å². The molecule has 0 radical (unpaired) electrons.